The standard InChI is InChI=1S/C25H25FN6O/c1-14-20(17-9-5-10-18(22(27)33)21(17)30-14)25-31-23-19(8-2-3-11-28-23)24(32-25)29-13-15-6-4-7-16(26)12-15/h4-7,9-10,12,30H,2-3,8,11,13H2,1H3,(H2,27,33)(H2,28,29,31,32). The van der Waals surface area contributed by atoms with Gasteiger partial charge in [-0.25, -0.2) is 14.4 Å². The summed E-state index contributed by atoms with van der Waals surface area (Å²) in [5, 5.41) is 7.68. The van der Waals surface area contributed by atoms with Gasteiger partial charge < -0.3 is 21.4 Å². The topological polar surface area (TPSA) is 109 Å². The molecule has 0 saturated heterocycles. The lowest BCUT2D eigenvalue weighted by atomic mass is 10.1. The summed E-state index contributed by atoms with van der Waals surface area (Å²) in [4.78, 5) is 25.0. The van der Waals surface area contributed by atoms with Gasteiger partial charge >= 0.3 is 0 Å². The molecule has 1 aliphatic heterocycles. The first-order valence-electron chi connectivity index (χ1n) is 11.1. The van der Waals surface area contributed by atoms with Gasteiger partial charge in [-0.1, -0.05) is 24.3 Å². The Morgan fingerprint density at radius 2 is 2.03 bits per heavy atom. The van der Waals surface area contributed by atoms with Crippen LogP contribution in [0, 0.1) is 12.7 Å². The number of hydrogen-bond donors (Lipinski definition) is 4. The zero-order valence-electron chi connectivity index (χ0n) is 18.3. The highest BCUT2D eigenvalue weighted by Crippen LogP contribution is 2.35. The lowest BCUT2D eigenvalue weighted by molar-refractivity contribution is 0.100. The van der Waals surface area contributed by atoms with Gasteiger partial charge in [0.1, 0.15) is 17.5 Å². The van der Waals surface area contributed by atoms with Crippen LogP contribution in [0.3, 0.4) is 0 Å². The number of nitrogens with one attached hydrogen (secondary N) is 3. The van der Waals surface area contributed by atoms with E-state index in [4.69, 9.17) is 15.7 Å². The number of amides is 1. The number of carbonyl (C=O) groups excluding carboxylic acids is 1. The molecule has 0 fully saturated rings. The number of halogens is 1. The van der Waals surface area contributed by atoms with Crippen molar-refractivity contribution in [3.63, 3.8) is 0 Å². The molecular formula is C25H25FN6O. The maximum atomic E-state index is 13.7. The maximum Gasteiger partial charge on any atom is 0.250 e. The number of aromatic nitrogens is 3. The van der Waals surface area contributed by atoms with E-state index in [9.17, 15) is 9.18 Å². The SMILES string of the molecule is Cc1[nH]c2c(C(N)=O)cccc2c1-c1nc2c(c(NCc3cccc(F)c3)n1)CCCCN2. The summed E-state index contributed by atoms with van der Waals surface area (Å²) < 4.78 is 13.7. The van der Waals surface area contributed by atoms with E-state index in [1.54, 1.807) is 12.1 Å². The van der Waals surface area contributed by atoms with Gasteiger partial charge in [0.2, 0.25) is 0 Å². The molecule has 1 aliphatic rings. The second kappa shape index (κ2) is 8.54. The summed E-state index contributed by atoms with van der Waals surface area (Å²) in [6, 6.07) is 12.0. The van der Waals surface area contributed by atoms with Crippen molar-refractivity contribution in [1.82, 2.24) is 15.0 Å². The van der Waals surface area contributed by atoms with Crippen LogP contribution in [0.25, 0.3) is 22.3 Å². The largest absolute Gasteiger partial charge is 0.370 e. The van der Waals surface area contributed by atoms with Crippen molar-refractivity contribution in [3.05, 3.63) is 70.7 Å². The molecule has 4 aromatic rings. The molecular weight excluding hydrogens is 419 g/mol. The van der Waals surface area contributed by atoms with Gasteiger partial charge in [0, 0.05) is 35.3 Å². The Hall–Kier alpha value is -3.94. The number of aromatic amines is 1. The minimum Gasteiger partial charge on any atom is -0.370 e. The third-order valence-corrected chi connectivity index (χ3v) is 6.01. The summed E-state index contributed by atoms with van der Waals surface area (Å²) in [5.41, 5.74) is 10.2. The summed E-state index contributed by atoms with van der Waals surface area (Å²) in [6.07, 6.45) is 2.93. The quantitative estimate of drug-likeness (QED) is 0.362. The summed E-state index contributed by atoms with van der Waals surface area (Å²) in [7, 11) is 0. The van der Waals surface area contributed by atoms with Gasteiger partial charge in [-0.3, -0.25) is 4.79 Å². The third kappa shape index (κ3) is 4.00. The Bertz CT molecular complexity index is 1360. The Kier molecular flexibility index (Phi) is 5.42. The summed E-state index contributed by atoms with van der Waals surface area (Å²) >= 11 is 0. The number of nitrogens with zero attached hydrogens (tertiary/aromatic N) is 2. The van der Waals surface area contributed by atoms with Crippen LogP contribution in [0.4, 0.5) is 16.0 Å². The molecule has 7 nitrogen and oxygen atoms in total. The van der Waals surface area contributed by atoms with Crippen molar-refractivity contribution in [1.29, 1.82) is 0 Å². The van der Waals surface area contributed by atoms with Crippen LogP contribution in [0.1, 0.15) is 40.0 Å². The van der Waals surface area contributed by atoms with E-state index in [0.29, 0.717) is 23.4 Å². The molecule has 33 heavy (non-hydrogen) atoms. The minimum atomic E-state index is -0.490. The molecule has 2 aromatic carbocycles. The highest BCUT2D eigenvalue weighted by Gasteiger charge is 2.22. The van der Waals surface area contributed by atoms with Crippen LogP contribution in [0.2, 0.25) is 0 Å². The highest BCUT2D eigenvalue weighted by atomic mass is 19.1. The van der Waals surface area contributed by atoms with Gasteiger partial charge in [0.15, 0.2) is 5.82 Å². The van der Waals surface area contributed by atoms with Gasteiger partial charge in [-0.05, 0) is 49.9 Å². The molecule has 5 rings (SSSR count). The zero-order valence-corrected chi connectivity index (χ0v) is 18.3. The molecule has 8 heteroatoms. The van der Waals surface area contributed by atoms with Gasteiger partial charge in [0.25, 0.3) is 5.91 Å². The average molecular weight is 445 g/mol. The average Bonchev–Trinajstić information content (AvgIpc) is 2.96. The third-order valence-electron chi connectivity index (χ3n) is 6.01. The molecule has 3 heterocycles. The molecule has 2 aromatic heterocycles. The highest BCUT2D eigenvalue weighted by molar-refractivity contribution is 6.09. The fourth-order valence-electron chi connectivity index (χ4n) is 4.43. The van der Waals surface area contributed by atoms with Crippen LogP contribution < -0.4 is 16.4 Å². The van der Waals surface area contributed by atoms with Crippen LogP contribution >= 0.6 is 0 Å². The van der Waals surface area contributed by atoms with Crippen molar-refractivity contribution >= 4 is 28.4 Å². The number of benzene rings is 2. The van der Waals surface area contributed by atoms with E-state index in [1.807, 2.05) is 25.1 Å². The van der Waals surface area contributed by atoms with E-state index < -0.39 is 5.91 Å². The Balaban J connectivity index is 1.62. The molecule has 0 bridgehead atoms. The van der Waals surface area contributed by atoms with Crippen LogP contribution in [-0.2, 0) is 13.0 Å². The van der Waals surface area contributed by atoms with E-state index in [0.717, 1.165) is 65.2 Å². The first-order valence-corrected chi connectivity index (χ1v) is 11.1. The molecule has 1 amide bonds. The lowest BCUT2D eigenvalue weighted by Gasteiger charge is -2.16. The molecule has 0 saturated carbocycles. The van der Waals surface area contributed by atoms with Crippen molar-refractivity contribution in [2.75, 3.05) is 17.2 Å². The van der Waals surface area contributed by atoms with Crippen LogP contribution in [-0.4, -0.2) is 27.4 Å². The second-order valence-electron chi connectivity index (χ2n) is 8.31. The van der Waals surface area contributed by atoms with E-state index in [1.165, 1.54) is 12.1 Å². The number of fused-ring (bicyclic) bond motifs is 2. The Morgan fingerprint density at radius 3 is 2.85 bits per heavy atom. The predicted octanol–water partition coefficient (Wildman–Crippen LogP) is 4.53. The minimum absolute atomic E-state index is 0.266. The Morgan fingerprint density at radius 1 is 1.18 bits per heavy atom. The second-order valence-corrected chi connectivity index (χ2v) is 8.31. The summed E-state index contributed by atoms with van der Waals surface area (Å²) in [6.45, 7) is 3.22. The van der Waals surface area contributed by atoms with Crippen LogP contribution in [0.15, 0.2) is 42.5 Å². The predicted molar refractivity (Wildman–Crippen MR) is 128 cm³/mol. The molecule has 168 valence electrons. The van der Waals surface area contributed by atoms with Crippen molar-refractivity contribution in [3.8, 4) is 11.4 Å². The molecule has 0 spiro atoms. The number of rotatable bonds is 5. The number of aryl methyl sites for hydroxylation is 1. The smallest absolute Gasteiger partial charge is 0.250 e. The molecule has 0 aliphatic carbocycles. The maximum absolute atomic E-state index is 13.7. The van der Waals surface area contributed by atoms with E-state index >= 15 is 0 Å². The van der Waals surface area contributed by atoms with E-state index in [2.05, 4.69) is 15.6 Å². The van der Waals surface area contributed by atoms with Crippen LogP contribution in [0.5, 0.6) is 0 Å². The number of carbonyl (C=O) groups is 1. The fraction of sp³-hybridized carbons (Fsp3) is 0.240. The Labute approximate surface area is 190 Å². The zero-order chi connectivity index (χ0) is 22.9. The first-order chi connectivity index (χ1) is 16.0. The number of anilines is 2. The van der Waals surface area contributed by atoms with Crippen molar-refractivity contribution < 1.29 is 9.18 Å². The van der Waals surface area contributed by atoms with Crippen molar-refractivity contribution in [2.24, 2.45) is 5.73 Å². The number of primary amides is 1. The molecule has 0 atom stereocenters. The number of H-pyrrole nitrogens is 1. The molecule has 5 N–H and O–H groups in total. The number of para-hydroxylation sites is 1. The monoisotopic (exact) mass is 444 g/mol. The number of hydrogen-bond acceptors (Lipinski definition) is 5. The first kappa shape index (κ1) is 20.9. The normalized spacial score (nSPS) is 13.3. The fourth-order valence-corrected chi connectivity index (χ4v) is 4.43. The van der Waals surface area contributed by atoms with Gasteiger partial charge in [0.05, 0.1) is 11.1 Å². The molecule has 0 radical (unpaired) electrons. The van der Waals surface area contributed by atoms with E-state index in [-0.39, 0.29) is 5.82 Å². The van der Waals surface area contributed by atoms with Gasteiger partial charge in [-0.15, -0.1) is 0 Å². The van der Waals surface area contributed by atoms with Gasteiger partial charge in [-0.2, -0.15) is 0 Å². The lowest BCUT2D eigenvalue weighted by Crippen LogP contribution is -2.11. The van der Waals surface area contributed by atoms with Crippen molar-refractivity contribution in [2.45, 2.75) is 32.7 Å². The summed E-state index contributed by atoms with van der Waals surface area (Å²) in [5.74, 6) is 1.33. The number of nitrogens with two attached hydrogens (primary N) is 1. The molecule has 0 unspecified atom stereocenters.